The van der Waals surface area contributed by atoms with Gasteiger partial charge in [-0.05, 0) is 56.2 Å². The van der Waals surface area contributed by atoms with E-state index in [0.29, 0.717) is 24.2 Å². The summed E-state index contributed by atoms with van der Waals surface area (Å²) in [6.07, 6.45) is 0.378. The Balaban J connectivity index is 1.72. The van der Waals surface area contributed by atoms with E-state index in [1.54, 1.807) is 41.3 Å². The molecule has 30 heavy (non-hydrogen) atoms. The summed E-state index contributed by atoms with van der Waals surface area (Å²) in [6.45, 7) is 4.94. The van der Waals surface area contributed by atoms with Crippen LogP contribution in [-0.2, 0) is 25.8 Å². The highest BCUT2D eigenvalue weighted by atomic mass is 32.2. The maximum Gasteiger partial charge on any atom is 0.225 e. The molecule has 0 spiro atoms. The molecule has 1 aliphatic rings. The van der Waals surface area contributed by atoms with Crippen LogP contribution in [0.3, 0.4) is 0 Å². The van der Waals surface area contributed by atoms with Gasteiger partial charge in [-0.3, -0.25) is 14.4 Å². The summed E-state index contributed by atoms with van der Waals surface area (Å²) in [7, 11) is -3.73. The number of fused-ring (bicyclic) bond motifs is 1. The number of sulfone groups is 1. The van der Waals surface area contributed by atoms with Crippen LogP contribution in [0.25, 0.3) is 0 Å². The van der Waals surface area contributed by atoms with Gasteiger partial charge in [0.1, 0.15) is 0 Å². The smallest absolute Gasteiger partial charge is 0.225 e. The van der Waals surface area contributed by atoms with Crippen LogP contribution < -0.4 is 10.2 Å². The zero-order chi connectivity index (χ0) is 22.1. The third-order valence-corrected chi connectivity index (χ3v) is 7.35. The topological polar surface area (TPSA) is 101 Å². The number of ketones is 1. The van der Waals surface area contributed by atoms with Crippen molar-refractivity contribution >= 4 is 38.8 Å². The van der Waals surface area contributed by atoms with Crippen molar-refractivity contribution < 1.29 is 22.8 Å². The molecule has 8 heteroatoms. The van der Waals surface area contributed by atoms with Crippen molar-refractivity contribution in [3.63, 3.8) is 0 Å². The number of Topliss-reactive ketones (excluding diaryl/α,β-unsaturated/α-hetero) is 1. The Bertz CT molecular complexity index is 1120. The molecule has 7 nitrogen and oxygen atoms in total. The molecule has 0 aromatic heterocycles. The van der Waals surface area contributed by atoms with Gasteiger partial charge in [0, 0.05) is 36.8 Å². The average Bonchev–Trinajstić information content (AvgIpc) is 3.11. The maximum atomic E-state index is 13.0. The van der Waals surface area contributed by atoms with Crippen molar-refractivity contribution in [1.82, 2.24) is 0 Å². The van der Waals surface area contributed by atoms with E-state index in [-0.39, 0.29) is 23.0 Å². The molecule has 0 radical (unpaired) electrons. The zero-order valence-electron chi connectivity index (χ0n) is 17.1. The minimum Gasteiger partial charge on any atom is -0.326 e. The Morgan fingerprint density at radius 2 is 1.83 bits per heavy atom. The van der Waals surface area contributed by atoms with E-state index >= 15 is 0 Å². The van der Waals surface area contributed by atoms with Crippen molar-refractivity contribution in [1.29, 1.82) is 0 Å². The molecule has 0 saturated carbocycles. The highest BCUT2D eigenvalue weighted by Crippen LogP contribution is 2.31. The fourth-order valence-electron chi connectivity index (χ4n) is 3.51. The van der Waals surface area contributed by atoms with Gasteiger partial charge in [0.2, 0.25) is 11.8 Å². The van der Waals surface area contributed by atoms with Gasteiger partial charge in [-0.2, -0.15) is 0 Å². The Morgan fingerprint density at radius 1 is 1.10 bits per heavy atom. The Kier molecular flexibility index (Phi) is 6.07. The first-order valence-corrected chi connectivity index (χ1v) is 11.2. The summed E-state index contributed by atoms with van der Waals surface area (Å²) in [5.41, 5.74) is 2.45. The second-order valence-corrected chi connectivity index (χ2v) is 9.82. The van der Waals surface area contributed by atoms with E-state index in [9.17, 15) is 22.8 Å². The molecular formula is C22H24N2O5S. The summed E-state index contributed by atoms with van der Waals surface area (Å²) in [6, 6.07) is 11.2. The van der Waals surface area contributed by atoms with Crippen molar-refractivity contribution in [2.24, 2.45) is 0 Å². The highest BCUT2D eigenvalue weighted by molar-refractivity contribution is 7.92. The number of carbonyl (C=O) groups is 3. The lowest BCUT2D eigenvalue weighted by Gasteiger charge is -2.16. The molecule has 1 aliphatic heterocycles. The Hall–Kier alpha value is -3.00. The van der Waals surface area contributed by atoms with Gasteiger partial charge in [0.15, 0.2) is 15.6 Å². The third kappa shape index (κ3) is 4.43. The average molecular weight is 429 g/mol. The van der Waals surface area contributed by atoms with Crippen LogP contribution in [0.4, 0.5) is 11.4 Å². The molecule has 3 rings (SSSR count). The predicted molar refractivity (Wildman–Crippen MR) is 115 cm³/mol. The quantitative estimate of drug-likeness (QED) is 0.713. The summed E-state index contributed by atoms with van der Waals surface area (Å²) in [4.78, 5) is 37.3. The number of hydrogen-bond acceptors (Lipinski definition) is 5. The number of anilines is 2. The van der Waals surface area contributed by atoms with Gasteiger partial charge in [-0.15, -0.1) is 0 Å². The first-order chi connectivity index (χ1) is 14.1. The molecule has 0 aliphatic carbocycles. The minimum atomic E-state index is -3.73. The number of nitrogens with one attached hydrogen (secondary N) is 1. The van der Waals surface area contributed by atoms with Crippen LogP contribution >= 0.6 is 0 Å². The van der Waals surface area contributed by atoms with E-state index in [1.165, 1.54) is 26.8 Å². The number of benzene rings is 2. The molecule has 1 N–H and O–H groups in total. The van der Waals surface area contributed by atoms with Gasteiger partial charge in [-0.1, -0.05) is 12.1 Å². The second-order valence-electron chi connectivity index (χ2n) is 7.46. The van der Waals surface area contributed by atoms with Crippen LogP contribution in [-0.4, -0.2) is 37.8 Å². The van der Waals surface area contributed by atoms with Gasteiger partial charge < -0.3 is 10.2 Å². The molecule has 0 unspecified atom stereocenters. The monoisotopic (exact) mass is 428 g/mol. The van der Waals surface area contributed by atoms with E-state index in [1.807, 2.05) is 0 Å². The first-order valence-electron chi connectivity index (χ1n) is 9.65. The molecule has 158 valence electrons. The molecule has 2 amide bonds. The summed E-state index contributed by atoms with van der Waals surface area (Å²) >= 11 is 0. The van der Waals surface area contributed by atoms with Gasteiger partial charge in [0.25, 0.3) is 0 Å². The first kappa shape index (κ1) is 21.7. The normalized spacial score (nSPS) is 14.2. The number of rotatable bonds is 6. The summed E-state index contributed by atoms with van der Waals surface area (Å²) < 4.78 is 25.9. The standard InChI is InChI=1S/C22H24N2O5S/c1-14(11-22(27)23-19-6-4-5-17(12-19)15(2)25)30(28,29)20-7-8-21-18(13-20)9-10-24(21)16(3)26/h4-8,12-14H,9-11H2,1-3H3,(H,23,27)/t14-/m1/s1. The minimum absolute atomic E-state index is 0.0803. The largest absolute Gasteiger partial charge is 0.326 e. The van der Waals surface area contributed by atoms with Crippen LogP contribution in [0, 0.1) is 0 Å². The number of nitrogens with zero attached hydrogens (tertiary/aromatic N) is 1. The molecule has 1 heterocycles. The van der Waals surface area contributed by atoms with E-state index in [4.69, 9.17) is 0 Å². The molecule has 0 saturated heterocycles. The van der Waals surface area contributed by atoms with Gasteiger partial charge in [-0.25, -0.2) is 8.42 Å². The summed E-state index contributed by atoms with van der Waals surface area (Å²) in [5.74, 6) is -0.652. The molecule has 1 atom stereocenters. The van der Waals surface area contributed by atoms with Gasteiger partial charge in [0.05, 0.1) is 10.1 Å². The zero-order valence-corrected chi connectivity index (χ0v) is 18.0. The van der Waals surface area contributed by atoms with Crippen LogP contribution in [0.15, 0.2) is 47.4 Å². The molecule has 2 aromatic carbocycles. The number of carbonyl (C=O) groups excluding carboxylic acids is 3. The fraction of sp³-hybridized carbons (Fsp3) is 0.318. The fourth-order valence-corrected chi connectivity index (χ4v) is 4.91. The van der Waals surface area contributed by atoms with Gasteiger partial charge >= 0.3 is 0 Å². The molecule has 0 fully saturated rings. The highest BCUT2D eigenvalue weighted by Gasteiger charge is 2.29. The van der Waals surface area contributed by atoms with Crippen LogP contribution in [0.2, 0.25) is 0 Å². The van der Waals surface area contributed by atoms with E-state index in [2.05, 4.69) is 5.32 Å². The SMILES string of the molecule is CC(=O)c1cccc(NC(=O)C[C@@H](C)S(=O)(=O)c2ccc3c(c2)CCN3C(C)=O)c1. The number of hydrogen-bond donors (Lipinski definition) is 1. The second kappa shape index (κ2) is 8.39. The Morgan fingerprint density at radius 3 is 2.50 bits per heavy atom. The lowest BCUT2D eigenvalue weighted by molar-refractivity contribution is -0.117. The van der Waals surface area contributed by atoms with Crippen molar-refractivity contribution in [2.45, 2.75) is 43.8 Å². The third-order valence-electron chi connectivity index (χ3n) is 5.21. The lowest BCUT2D eigenvalue weighted by Crippen LogP contribution is -2.26. The van der Waals surface area contributed by atoms with Crippen molar-refractivity contribution in [3.05, 3.63) is 53.6 Å². The van der Waals surface area contributed by atoms with Crippen LogP contribution in [0.5, 0.6) is 0 Å². The molecular weight excluding hydrogens is 404 g/mol. The summed E-state index contributed by atoms with van der Waals surface area (Å²) in [5, 5.41) is 1.72. The Labute approximate surface area is 176 Å². The van der Waals surface area contributed by atoms with Crippen molar-refractivity contribution in [2.75, 3.05) is 16.8 Å². The maximum absolute atomic E-state index is 13.0. The molecule has 0 bridgehead atoms. The predicted octanol–water partition coefficient (Wildman–Crippen LogP) is 2.99. The van der Waals surface area contributed by atoms with E-state index < -0.39 is 21.0 Å². The van der Waals surface area contributed by atoms with Crippen molar-refractivity contribution in [3.8, 4) is 0 Å². The number of amides is 2. The molecule has 2 aromatic rings. The lowest BCUT2D eigenvalue weighted by atomic mass is 10.1. The van der Waals surface area contributed by atoms with E-state index in [0.717, 1.165) is 11.3 Å². The van der Waals surface area contributed by atoms with Crippen LogP contribution in [0.1, 0.15) is 43.1 Å².